The summed E-state index contributed by atoms with van der Waals surface area (Å²) in [7, 11) is 0. The van der Waals surface area contributed by atoms with Crippen LogP contribution in [0.2, 0.25) is 0 Å². The average Bonchev–Trinajstić information content (AvgIpc) is 2.38. The topological polar surface area (TPSA) is 51.8 Å². The third-order valence-corrected chi connectivity index (χ3v) is 2.41. The van der Waals surface area contributed by atoms with E-state index in [1.54, 1.807) is 6.07 Å². The van der Waals surface area contributed by atoms with E-state index in [-0.39, 0.29) is 17.8 Å². The first kappa shape index (κ1) is 12.5. The molecular weight excluding hydrogens is 243 g/mol. The molecule has 0 amide bonds. The molecule has 0 saturated carbocycles. The van der Waals surface area contributed by atoms with Gasteiger partial charge in [0.05, 0.1) is 5.69 Å². The Bertz CT molecular complexity index is 552. The van der Waals surface area contributed by atoms with Crippen LogP contribution in [0.3, 0.4) is 0 Å². The summed E-state index contributed by atoms with van der Waals surface area (Å²) in [6, 6.07) is 5.99. The third-order valence-electron chi connectivity index (χ3n) is 2.41. The molecule has 0 aliphatic heterocycles. The Labute approximate surface area is 101 Å². The lowest BCUT2D eigenvalue weighted by Crippen LogP contribution is -2.10. The maximum Gasteiger partial charge on any atom is 0.434 e. The van der Waals surface area contributed by atoms with Gasteiger partial charge in [0.2, 0.25) is 0 Å². The number of halogens is 3. The highest BCUT2D eigenvalue weighted by Gasteiger charge is 2.35. The first-order valence-electron chi connectivity index (χ1n) is 5.20. The molecule has 0 bridgehead atoms. The van der Waals surface area contributed by atoms with Crippen LogP contribution in [-0.2, 0) is 12.7 Å². The molecule has 0 saturated heterocycles. The maximum absolute atomic E-state index is 12.8. The number of pyridine rings is 2. The van der Waals surface area contributed by atoms with E-state index in [0.717, 1.165) is 11.8 Å². The van der Waals surface area contributed by atoms with E-state index in [1.165, 1.54) is 24.4 Å². The smallest absolute Gasteiger partial charge is 0.326 e. The molecule has 6 heteroatoms. The Balaban J connectivity index is 2.57. The monoisotopic (exact) mass is 253 g/mol. The van der Waals surface area contributed by atoms with E-state index >= 15 is 0 Å². The van der Waals surface area contributed by atoms with Crippen LogP contribution >= 0.6 is 0 Å². The molecule has 0 spiro atoms. The number of alkyl halides is 3. The van der Waals surface area contributed by atoms with Crippen LogP contribution in [-0.4, -0.2) is 9.97 Å². The van der Waals surface area contributed by atoms with Crippen molar-refractivity contribution in [1.82, 2.24) is 9.97 Å². The van der Waals surface area contributed by atoms with Gasteiger partial charge in [0.1, 0.15) is 0 Å². The Morgan fingerprint density at radius 2 is 1.89 bits per heavy atom. The Kier molecular flexibility index (Phi) is 3.29. The zero-order valence-corrected chi connectivity index (χ0v) is 9.28. The minimum atomic E-state index is -4.50. The van der Waals surface area contributed by atoms with Gasteiger partial charge < -0.3 is 5.73 Å². The standard InChI is InChI=1S/C12H10F3N3/c13-12(14,15)11-9(2-1-4-18-11)10-6-8(7-16)3-5-17-10/h1-6H,7,16H2. The quantitative estimate of drug-likeness (QED) is 0.895. The molecule has 2 rings (SSSR count). The highest BCUT2D eigenvalue weighted by Crippen LogP contribution is 2.34. The Morgan fingerprint density at radius 1 is 1.11 bits per heavy atom. The van der Waals surface area contributed by atoms with E-state index in [1.807, 2.05) is 0 Å². The van der Waals surface area contributed by atoms with Gasteiger partial charge in [-0.15, -0.1) is 0 Å². The predicted molar refractivity (Wildman–Crippen MR) is 60.4 cm³/mol. The van der Waals surface area contributed by atoms with Crippen molar-refractivity contribution in [1.29, 1.82) is 0 Å². The summed E-state index contributed by atoms with van der Waals surface area (Å²) in [5.41, 5.74) is 5.42. The van der Waals surface area contributed by atoms with E-state index < -0.39 is 11.9 Å². The lowest BCUT2D eigenvalue weighted by molar-refractivity contribution is -0.140. The molecule has 0 aliphatic rings. The Morgan fingerprint density at radius 3 is 2.56 bits per heavy atom. The molecule has 2 N–H and O–H groups in total. The lowest BCUT2D eigenvalue weighted by Gasteiger charge is -2.11. The fourth-order valence-electron chi connectivity index (χ4n) is 1.59. The van der Waals surface area contributed by atoms with Crippen LogP contribution in [0.5, 0.6) is 0 Å². The van der Waals surface area contributed by atoms with Crippen molar-refractivity contribution in [2.75, 3.05) is 0 Å². The summed E-state index contributed by atoms with van der Waals surface area (Å²) in [6.07, 6.45) is -1.96. The first-order valence-corrected chi connectivity index (χ1v) is 5.20. The summed E-state index contributed by atoms with van der Waals surface area (Å²) in [4.78, 5) is 7.32. The van der Waals surface area contributed by atoms with Gasteiger partial charge in [-0.2, -0.15) is 13.2 Å². The molecular formula is C12H10F3N3. The lowest BCUT2D eigenvalue weighted by atomic mass is 10.1. The van der Waals surface area contributed by atoms with Gasteiger partial charge in [0.25, 0.3) is 0 Å². The van der Waals surface area contributed by atoms with Gasteiger partial charge in [0, 0.05) is 24.5 Å². The van der Waals surface area contributed by atoms with E-state index in [9.17, 15) is 13.2 Å². The van der Waals surface area contributed by atoms with E-state index in [0.29, 0.717) is 0 Å². The first-order chi connectivity index (χ1) is 8.52. The van der Waals surface area contributed by atoms with Crippen molar-refractivity contribution >= 4 is 0 Å². The minimum absolute atomic E-state index is 0.0414. The molecule has 0 aliphatic carbocycles. The summed E-state index contributed by atoms with van der Waals surface area (Å²) < 4.78 is 38.4. The SMILES string of the molecule is NCc1ccnc(-c2cccnc2C(F)(F)F)c1. The third kappa shape index (κ3) is 2.48. The van der Waals surface area contributed by atoms with E-state index in [4.69, 9.17) is 5.73 Å². The fraction of sp³-hybridized carbons (Fsp3) is 0.167. The molecule has 3 nitrogen and oxygen atoms in total. The van der Waals surface area contributed by atoms with Gasteiger partial charge in [-0.3, -0.25) is 9.97 Å². The number of nitrogens with two attached hydrogens (primary N) is 1. The molecule has 0 radical (unpaired) electrons. The number of hydrogen-bond acceptors (Lipinski definition) is 3. The van der Waals surface area contributed by atoms with Crippen molar-refractivity contribution in [2.45, 2.75) is 12.7 Å². The predicted octanol–water partition coefficient (Wildman–Crippen LogP) is 2.62. The zero-order chi connectivity index (χ0) is 13.2. The minimum Gasteiger partial charge on any atom is -0.326 e. The molecule has 2 aromatic heterocycles. The van der Waals surface area contributed by atoms with Gasteiger partial charge >= 0.3 is 6.18 Å². The number of nitrogens with zero attached hydrogens (tertiary/aromatic N) is 2. The molecule has 0 unspecified atom stereocenters. The van der Waals surface area contributed by atoms with Gasteiger partial charge in [0.15, 0.2) is 5.69 Å². The number of rotatable bonds is 2. The second-order valence-electron chi connectivity index (χ2n) is 3.65. The van der Waals surface area contributed by atoms with Crippen molar-refractivity contribution in [3.63, 3.8) is 0 Å². The van der Waals surface area contributed by atoms with Crippen molar-refractivity contribution in [2.24, 2.45) is 5.73 Å². The highest BCUT2D eigenvalue weighted by molar-refractivity contribution is 5.63. The van der Waals surface area contributed by atoms with Crippen LogP contribution in [0.15, 0.2) is 36.7 Å². The fourth-order valence-corrected chi connectivity index (χ4v) is 1.59. The van der Waals surface area contributed by atoms with Crippen LogP contribution in [0.25, 0.3) is 11.3 Å². The summed E-state index contributed by atoms with van der Waals surface area (Å²) in [6.45, 7) is 0.247. The number of hydrogen-bond donors (Lipinski definition) is 1. The van der Waals surface area contributed by atoms with E-state index in [2.05, 4.69) is 9.97 Å². The molecule has 0 fully saturated rings. The zero-order valence-electron chi connectivity index (χ0n) is 9.28. The number of aromatic nitrogens is 2. The second kappa shape index (κ2) is 4.73. The second-order valence-corrected chi connectivity index (χ2v) is 3.65. The Hall–Kier alpha value is -1.95. The molecule has 94 valence electrons. The molecule has 2 heterocycles. The summed E-state index contributed by atoms with van der Waals surface area (Å²) >= 11 is 0. The van der Waals surface area contributed by atoms with Crippen LogP contribution in [0.4, 0.5) is 13.2 Å². The van der Waals surface area contributed by atoms with Crippen molar-refractivity contribution in [3.05, 3.63) is 47.9 Å². The molecule has 2 aromatic rings. The molecule has 0 aromatic carbocycles. The van der Waals surface area contributed by atoms with Crippen LogP contribution in [0.1, 0.15) is 11.3 Å². The van der Waals surface area contributed by atoms with Crippen LogP contribution < -0.4 is 5.73 Å². The summed E-state index contributed by atoms with van der Waals surface area (Å²) in [5.74, 6) is 0. The highest BCUT2D eigenvalue weighted by atomic mass is 19.4. The largest absolute Gasteiger partial charge is 0.434 e. The molecule has 18 heavy (non-hydrogen) atoms. The van der Waals surface area contributed by atoms with Gasteiger partial charge in [-0.05, 0) is 29.8 Å². The van der Waals surface area contributed by atoms with Crippen molar-refractivity contribution in [3.8, 4) is 11.3 Å². The molecule has 0 atom stereocenters. The van der Waals surface area contributed by atoms with Gasteiger partial charge in [-0.25, -0.2) is 0 Å². The summed E-state index contributed by atoms with van der Waals surface area (Å²) in [5, 5.41) is 0. The van der Waals surface area contributed by atoms with Crippen LogP contribution in [0, 0.1) is 0 Å². The maximum atomic E-state index is 12.8. The van der Waals surface area contributed by atoms with Gasteiger partial charge in [-0.1, -0.05) is 0 Å². The normalized spacial score (nSPS) is 11.6. The average molecular weight is 253 g/mol. The van der Waals surface area contributed by atoms with Crippen molar-refractivity contribution < 1.29 is 13.2 Å².